The van der Waals surface area contributed by atoms with Crippen molar-refractivity contribution in [2.45, 2.75) is 44.4 Å². The van der Waals surface area contributed by atoms with Gasteiger partial charge in [-0.15, -0.1) is 0 Å². The fourth-order valence-electron chi connectivity index (χ4n) is 5.46. The highest BCUT2D eigenvalue weighted by Crippen LogP contribution is 2.64. The van der Waals surface area contributed by atoms with E-state index in [-0.39, 0.29) is 11.3 Å². The molecule has 0 amide bonds. The molecule has 4 saturated carbocycles. The summed E-state index contributed by atoms with van der Waals surface area (Å²) in [6, 6.07) is 4.38. The van der Waals surface area contributed by atoms with Crippen LogP contribution < -0.4 is 0 Å². The predicted octanol–water partition coefficient (Wildman–Crippen LogP) is 3.30. The SMILES string of the molecule is N#CC(c1ncccn1)C12CC3CC(CC(C3)C1)C2. The molecule has 4 aliphatic carbocycles. The van der Waals surface area contributed by atoms with Crippen molar-refractivity contribution in [3.05, 3.63) is 24.3 Å². The molecule has 1 heterocycles. The minimum Gasteiger partial charge on any atom is -0.240 e. The van der Waals surface area contributed by atoms with E-state index in [1.165, 1.54) is 38.5 Å². The minimum atomic E-state index is -0.0953. The largest absolute Gasteiger partial charge is 0.240 e. The summed E-state index contributed by atoms with van der Waals surface area (Å²) in [5, 5.41) is 9.71. The van der Waals surface area contributed by atoms with Crippen molar-refractivity contribution in [1.82, 2.24) is 9.97 Å². The lowest BCUT2D eigenvalue weighted by molar-refractivity contribution is -0.0606. The molecule has 1 atom stereocenters. The molecular formula is C16H19N3. The van der Waals surface area contributed by atoms with Crippen molar-refractivity contribution < 1.29 is 0 Å². The molecule has 0 radical (unpaired) electrons. The van der Waals surface area contributed by atoms with Crippen molar-refractivity contribution in [3.63, 3.8) is 0 Å². The van der Waals surface area contributed by atoms with Gasteiger partial charge in [0, 0.05) is 12.4 Å². The second-order valence-corrected chi connectivity index (χ2v) is 6.95. The Morgan fingerprint density at radius 2 is 1.58 bits per heavy atom. The van der Waals surface area contributed by atoms with Gasteiger partial charge in [0.1, 0.15) is 11.7 Å². The first kappa shape index (κ1) is 11.4. The van der Waals surface area contributed by atoms with E-state index < -0.39 is 0 Å². The van der Waals surface area contributed by atoms with Crippen LogP contribution in [0.15, 0.2) is 18.5 Å². The van der Waals surface area contributed by atoms with Gasteiger partial charge in [-0.3, -0.25) is 0 Å². The molecule has 19 heavy (non-hydrogen) atoms. The number of aromatic nitrogens is 2. The lowest BCUT2D eigenvalue weighted by Gasteiger charge is -2.58. The highest BCUT2D eigenvalue weighted by molar-refractivity contribution is 5.19. The first-order valence-electron chi connectivity index (χ1n) is 7.45. The normalized spacial score (nSPS) is 40.9. The third kappa shape index (κ3) is 1.69. The van der Waals surface area contributed by atoms with E-state index in [0.29, 0.717) is 0 Å². The van der Waals surface area contributed by atoms with Gasteiger partial charge in [0.15, 0.2) is 0 Å². The molecule has 1 aromatic rings. The molecule has 4 aliphatic rings. The summed E-state index contributed by atoms with van der Waals surface area (Å²) < 4.78 is 0. The smallest absolute Gasteiger partial charge is 0.145 e. The summed E-state index contributed by atoms with van der Waals surface area (Å²) in [5.74, 6) is 3.26. The zero-order chi connectivity index (χ0) is 12.9. The van der Waals surface area contributed by atoms with Gasteiger partial charge in [0.2, 0.25) is 0 Å². The molecule has 0 aromatic carbocycles. The maximum atomic E-state index is 9.71. The molecule has 3 heteroatoms. The summed E-state index contributed by atoms with van der Waals surface area (Å²) in [6.45, 7) is 0. The van der Waals surface area contributed by atoms with E-state index in [1.807, 2.05) is 6.07 Å². The van der Waals surface area contributed by atoms with Crippen LogP contribution in [-0.2, 0) is 0 Å². The first-order chi connectivity index (χ1) is 9.29. The zero-order valence-electron chi connectivity index (χ0n) is 11.1. The first-order valence-corrected chi connectivity index (χ1v) is 7.45. The van der Waals surface area contributed by atoms with Gasteiger partial charge in [-0.2, -0.15) is 5.26 Å². The number of hydrogen-bond donors (Lipinski definition) is 0. The second kappa shape index (κ2) is 4.03. The fourth-order valence-corrected chi connectivity index (χ4v) is 5.46. The van der Waals surface area contributed by atoms with Crippen molar-refractivity contribution >= 4 is 0 Å². The Hall–Kier alpha value is -1.43. The van der Waals surface area contributed by atoms with E-state index in [1.54, 1.807) is 12.4 Å². The van der Waals surface area contributed by atoms with Crippen molar-refractivity contribution in [2.75, 3.05) is 0 Å². The van der Waals surface area contributed by atoms with E-state index in [2.05, 4.69) is 16.0 Å². The van der Waals surface area contributed by atoms with Crippen LogP contribution in [0.25, 0.3) is 0 Å². The Kier molecular flexibility index (Phi) is 2.42. The van der Waals surface area contributed by atoms with E-state index in [0.717, 1.165) is 23.6 Å². The Balaban J connectivity index is 1.72. The molecule has 98 valence electrons. The van der Waals surface area contributed by atoms with Crippen LogP contribution in [0.5, 0.6) is 0 Å². The van der Waals surface area contributed by atoms with Crippen LogP contribution in [0.3, 0.4) is 0 Å². The quantitative estimate of drug-likeness (QED) is 0.812. The average Bonchev–Trinajstić information content (AvgIpc) is 2.38. The highest BCUT2D eigenvalue weighted by Gasteiger charge is 2.55. The van der Waals surface area contributed by atoms with E-state index in [9.17, 15) is 5.26 Å². The molecule has 4 fully saturated rings. The molecule has 0 N–H and O–H groups in total. The maximum Gasteiger partial charge on any atom is 0.145 e. The van der Waals surface area contributed by atoms with Crippen LogP contribution >= 0.6 is 0 Å². The number of nitriles is 1. The third-order valence-corrected chi connectivity index (χ3v) is 5.67. The Morgan fingerprint density at radius 1 is 1.05 bits per heavy atom. The fraction of sp³-hybridized carbons (Fsp3) is 0.688. The van der Waals surface area contributed by atoms with E-state index in [4.69, 9.17) is 0 Å². The van der Waals surface area contributed by atoms with Gasteiger partial charge in [-0.1, -0.05) is 0 Å². The number of hydrogen-bond acceptors (Lipinski definition) is 3. The Labute approximate surface area is 114 Å². The monoisotopic (exact) mass is 253 g/mol. The topological polar surface area (TPSA) is 49.6 Å². The molecular weight excluding hydrogens is 234 g/mol. The highest BCUT2D eigenvalue weighted by atomic mass is 14.9. The van der Waals surface area contributed by atoms with Gasteiger partial charge in [-0.05, 0) is 67.8 Å². The number of rotatable bonds is 2. The molecule has 1 aromatic heterocycles. The van der Waals surface area contributed by atoms with E-state index >= 15 is 0 Å². The lowest BCUT2D eigenvalue weighted by Crippen LogP contribution is -2.48. The predicted molar refractivity (Wildman–Crippen MR) is 71.0 cm³/mol. The van der Waals surface area contributed by atoms with Crippen LogP contribution in [0.1, 0.15) is 50.3 Å². The van der Waals surface area contributed by atoms with Crippen molar-refractivity contribution in [1.29, 1.82) is 5.26 Å². The molecule has 4 bridgehead atoms. The average molecular weight is 253 g/mol. The summed E-state index contributed by atoms with van der Waals surface area (Å²) >= 11 is 0. The van der Waals surface area contributed by atoms with Gasteiger partial charge in [0.25, 0.3) is 0 Å². The van der Waals surface area contributed by atoms with Crippen molar-refractivity contribution in [2.24, 2.45) is 23.2 Å². The molecule has 1 unspecified atom stereocenters. The summed E-state index contributed by atoms with van der Waals surface area (Å²) in [4.78, 5) is 8.75. The van der Waals surface area contributed by atoms with Gasteiger partial charge < -0.3 is 0 Å². The maximum absolute atomic E-state index is 9.71. The Bertz CT molecular complexity index is 481. The van der Waals surface area contributed by atoms with Crippen LogP contribution in [0.2, 0.25) is 0 Å². The van der Waals surface area contributed by atoms with Crippen molar-refractivity contribution in [3.8, 4) is 6.07 Å². The zero-order valence-corrected chi connectivity index (χ0v) is 11.1. The number of nitrogens with zero attached hydrogens (tertiary/aromatic N) is 3. The second-order valence-electron chi connectivity index (χ2n) is 6.95. The summed E-state index contributed by atoms with van der Waals surface area (Å²) in [5.41, 5.74) is 0.185. The summed E-state index contributed by atoms with van der Waals surface area (Å²) in [6.07, 6.45) is 11.5. The lowest BCUT2D eigenvalue weighted by atomic mass is 9.46. The molecule has 0 saturated heterocycles. The minimum absolute atomic E-state index is 0.0953. The molecule has 5 rings (SSSR count). The standard InChI is InChI=1S/C16H19N3/c17-10-14(15-18-2-1-3-19-15)16-7-11-4-12(8-16)6-13(5-11)9-16/h1-3,11-14H,4-9H2. The van der Waals surface area contributed by atoms with Gasteiger partial charge in [0.05, 0.1) is 6.07 Å². The third-order valence-electron chi connectivity index (χ3n) is 5.67. The van der Waals surface area contributed by atoms with Crippen LogP contribution in [0, 0.1) is 34.5 Å². The van der Waals surface area contributed by atoms with Crippen LogP contribution in [-0.4, -0.2) is 9.97 Å². The summed E-state index contributed by atoms with van der Waals surface area (Å²) in [7, 11) is 0. The Morgan fingerprint density at radius 3 is 2.05 bits per heavy atom. The van der Waals surface area contributed by atoms with Crippen LogP contribution in [0.4, 0.5) is 0 Å². The molecule has 0 spiro atoms. The van der Waals surface area contributed by atoms with Gasteiger partial charge in [-0.25, -0.2) is 9.97 Å². The molecule has 0 aliphatic heterocycles. The van der Waals surface area contributed by atoms with Gasteiger partial charge >= 0.3 is 0 Å². The molecule has 3 nitrogen and oxygen atoms in total.